The van der Waals surface area contributed by atoms with E-state index in [1.807, 2.05) is 12.1 Å². The van der Waals surface area contributed by atoms with E-state index in [-0.39, 0.29) is 10.8 Å². The summed E-state index contributed by atoms with van der Waals surface area (Å²) in [7, 11) is 0. The third kappa shape index (κ3) is 4.57. The molecule has 10 rings (SSSR count). The van der Waals surface area contributed by atoms with Crippen LogP contribution in [0.25, 0.3) is 55.7 Å². The van der Waals surface area contributed by atoms with Crippen molar-refractivity contribution >= 4 is 28.0 Å². The van der Waals surface area contributed by atoms with Crippen molar-refractivity contribution in [3.8, 4) is 44.7 Å². The van der Waals surface area contributed by atoms with Gasteiger partial charge in [0.1, 0.15) is 11.3 Å². The quantitative estimate of drug-likeness (QED) is 0.181. The summed E-state index contributed by atoms with van der Waals surface area (Å²) in [5, 5.41) is 1.11. The number of rotatable bonds is 5. The van der Waals surface area contributed by atoms with Crippen LogP contribution in [0.3, 0.4) is 0 Å². The maximum absolute atomic E-state index is 6.34. The van der Waals surface area contributed by atoms with Gasteiger partial charge in [-0.05, 0) is 110 Å². The summed E-state index contributed by atoms with van der Waals surface area (Å²) in [6, 6.07) is 59.8. The molecule has 0 N–H and O–H groups in total. The van der Waals surface area contributed by atoms with Crippen molar-refractivity contribution in [1.29, 1.82) is 0 Å². The van der Waals surface area contributed by atoms with E-state index in [2.05, 4.69) is 184 Å². The van der Waals surface area contributed by atoms with Gasteiger partial charge in [-0.15, -0.1) is 0 Å². The zero-order chi connectivity index (χ0) is 35.2. The second kappa shape index (κ2) is 11.2. The topological polar surface area (TPSA) is 16.4 Å². The standard InChI is InChI=1S/C50H39NO/c1-49(2)44-18-9-7-16-40(44)42-29-33(22-27-45(42)49)32-20-23-36(24-21-32)51(37-14-11-13-34(28-37)48-30-35-12-5-10-19-47(35)52-48)38-25-26-41-39-15-6-8-17-43(39)50(3,4)46(41)31-38/h5-31H,1-4H3. The average Bonchev–Trinajstić information content (AvgIpc) is 3.79. The molecular weight excluding hydrogens is 631 g/mol. The molecule has 0 atom stereocenters. The third-order valence-electron chi connectivity index (χ3n) is 11.7. The van der Waals surface area contributed by atoms with Crippen molar-refractivity contribution < 1.29 is 4.42 Å². The predicted molar refractivity (Wildman–Crippen MR) is 217 cm³/mol. The molecule has 0 radical (unpaired) electrons. The second-order valence-corrected chi connectivity index (χ2v) is 15.4. The number of anilines is 3. The Labute approximate surface area is 305 Å². The Morgan fingerprint density at radius 1 is 0.385 bits per heavy atom. The zero-order valence-corrected chi connectivity index (χ0v) is 29.9. The lowest BCUT2D eigenvalue weighted by atomic mass is 9.82. The molecule has 1 heterocycles. The van der Waals surface area contributed by atoms with Crippen molar-refractivity contribution in [3.05, 3.63) is 186 Å². The van der Waals surface area contributed by atoms with E-state index < -0.39 is 0 Å². The Balaban J connectivity index is 1.09. The van der Waals surface area contributed by atoms with Crippen LogP contribution in [-0.2, 0) is 10.8 Å². The molecule has 2 heteroatoms. The van der Waals surface area contributed by atoms with E-state index in [1.165, 1.54) is 55.6 Å². The lowest BCUT2D eigenvalue weighted by Gasteiger charge is -2.28. The predicted octanol–water partition coefficient (Wildman–Crippen LogP) is 13.8. The monoisotopic (exact) mass is 669 g/mol. The summed E-state index contributed by atoms with van der Waals surface area (Å²) in [5.74, 6) is 0.866. The van der Waals surface area contributed by atoms with Crippen LogP contribution in [0.5, 0.6) is 0 Å². The second-order valence-electron chi connectivity index (χ2n) is 15.4. The van der Waals surface area contributed by atoms with Crippen LogP contribution in [0.1, 0.15) is 49.9 Å². The molecule has 2 aliphatic rings. The highest BCUT2D eigenvalue weighted by Crippen LogP contribution is 2.52. The van der Waals surface area contributed by atoms with Gasteiger partial charge in [0.15, 0.2) is 0 Å². The molecule has 2 aliphatic carbocycles. The lowest BCUT2D eigenvalue weighted by molar-refractivity contribution is 0.631. The number of furan rings is 1. The van der Waals surface area contributed by atoms with Gasteiger partial charge in [0.2, 0.25) is 0 Å². The molecule has 0 fully saturated rings. The van der Waals surface area contributed by atoms with Gasteiger partial charge in [0.05, 0.1) is 0 Å². The molecule has 0 saturated heterocycles. The molecule has 0 saturated carbocycles. The van der Waals surface area contributed by atoms with Gasteiger partial charge >= 0.3 is 0 Å². The Morgan fingerprint density at radius 3 is 1.75 bits per heavy atom. The number of nitrogens with zero attached hydrogens (tertiary/aromatic N) is 1. The van der Waals surface area contributed by atoms with Crippen LogP contribution < -0.4 is 4.90 Å². The van der Waals surface area contributed by atoms with Crippen LogP contribution in [-0.4, -0.2) is 0 Å². The number of fused-ring (bicyclic) bond motifs is 7. The van der Waals surface area contributed by atoms with Crippen molar-refractivity contribution in [2.75, 3.05) is 4.90 Å². The van der Waals surface area contributed by atoms with E-state index in [9.17, 15) is 0 Å². The third-order valence-corrected chi connectivity index (χ3v) is 11.7. The molecule has 0 bridgehead atoms. The van der Waals surface area contributed by atoms with Crippen molar-refractivity contribution in [2.24, 2.45) is 0 Å². The molecule has 1 aromatic heterocycles. The summed E-state index contributed by atoms with van der Waals surface area (Å²) in [4.78, 5) is 2.39. The van der Waals surface area contributed by atoms with E-state index in [4.69, 9.17) is 4.42 Å². The summed E-state index contributed by atoms with van der Waals surface area (Å²) < 4.78 is 6.34. The Bertz CT molecular complexity index is 2660. The molecule has 0 unspecified atom stereocenters. The van der Waals surface area contributed by atoms with Crippen LogP contribution in [0.2, 0.25) is 0 Å². The van der Waals surface area contributed by atoms with Gasteiger partial charge in [-0.2, -0.15) is 0 Å². The van der Waals surface area contributed by atoms with E-state index >= 15 is 0 Å². The molecule has 8 aromatic rings. The van der Waals surface area contributed by atoms with Crippen LogP contribution in [0, 0.1) is 0 Å². The fourth-order valence-electron chi connectivity index (χ4n) is 8.90. The van der Waals surface area contributed by atoms with Gasteiger partial charge in [-0.3, -0.25) is 0 Å². The Kier molecular flexibility index (Phi) is 6.60. The SMILES string of the molecule is CC1(C)c2ccccc2-c2cc(-c3ccc(N(c4cccc(-c5cc6ccccc6o5)c4)c4ccc5c(c4)C(C)(C)c4ccccc4-5)cc3)ccc21. The fraction of sp³-hybridized carbons (Fsp3) is 0.120. The normalized spacial score (nSPS) is 14.5. The van der Waals surface area contributed by atoms with Crippen LogP contribution in [0.15, 0.2) is 168 Å². The molecule has 250 valence electrons. The highest BCUT2D eigenvalue weighted by Gasteiger charge is 2.36. The number of hydrogen-bond acceptors (Lipinski definition) is 2. The van der Waals surface area contributed by atoms with Gasteiger partial charge in [-0.25, -0.2) is 0 Å². The van der Waals surface area contributed by atoms with E-state index in [0.29, 0.717) is 0 Å². The van der Waals surface area contributed by atoms with Gasteiger partial charge in [0.25, 0.3) is 0 Å². The first-order chi connectivity index (χ1) is 25.3. The molecule has 0 spiro atoms. The Morgan fingerprint density at radius 2 is 0.981 bits per heavy atom. The lowest BCUT2D eigenvalue weighted by Crippen LogP contribution is -2.16. The molecule has 2 nitrogen and oxygen atoms in total. The highest BCUT2D eigenvalue weighted by molar-refractivity contribution is 5.89. The maximum atomic E-state index is 6.34. The average molecular weight is 670 g/mol. The van der Waals surface area contributed by atoms with E-state index in [0.717, 1.165) is 39.4 Å². The molecule has 0 aliphatic heterocycles. The van der Waals surface area contributed by atoms with Crippen LogP contribution >= 0.6 is 0 Å². The number of hydrogen-bond donors (Lipinski definition) is 0. The van der Waals surface area contributed by atoms with Crippen LogP contribution in [0.4, 0.5) is 17.1 Å². The first-order valence-corrected chi connectivity index (χ1v) is 18.3. The fourth-order valence-corrected chi connectivity index (χ4v) is 8.90. The van der Waals surface area contributed by atoms with E-state index in [1.54, 1.807) is 0 Å². The first-order valence-electron chi connectivity index (χ1n) is 18.3. The minimum Gasteiger partial charge on any atom is -0.456 e. The smallest absolute Gasteiger partial charge is 0.135 e. The minimum absolute atomic E-state index is 0.00246. The summed E-state index contributed by atoms with van der Waals surface area (Å²) in [6.45, 7) is 9.36. The van der Waals surface area contributed by atoms with Gasteiger partial charge in [-0.1, -0.05) is 137 Å². The number of benzene rings is 7. The zero-order valence-electron chi connectivity index (χ0n) is 29.9. The van der Waals surface area contributed by atoms with Gasteiger partial charge < -0.3 is 9.32 Å². The number of para-hydroxylation sites is 1. The molecule has 0 amide bonds. The molecule has 7 aromatic carbocycles. The van der Waals surface area contributed by atoms with Gasteiger partial charge in [0, 0.05) is 38.8 Å². The summed E-state index contributed by atoms with van der Waals surface area (Å²) in [5.41, 5.74) is 18.4. The Hall–Kier alpha value is -6.12. The highest BCUT2D eigenvalue weighted by atomic mass is 16.3. The van der Waals surface area contributed by atoms with Crippen molar-refractivity contribution in [3.63, 3.8) is 0 Å². The molecule has 52 heavy (non-hydrogen) atoms. The minimum atomic E-state index is -0.103. The largest absolute Gasteiger partial charge is 0.456 e. The van der Waals surface area contributed by atoms with Crippen molar-refractivity contribution in [1.82, 2.24) is 0 Å². The summed E-state index contributed by atoms with van der Waals surface area (Å²) >= 11 is 0. The maximum Gasteiger partial charge on any atom is 0.135 e. The first kappa shape index (κ1) is 30.7. The van der Waals surface area contributed by atoms with Crippen molar-refractivity contribution in [2.45, 2.75) is 38.5 Å². The molecular formula is C50H39NO. The summed E-state index contributed by atoms with van der Waals surface area (Å²) in [6.07, 6.45) is 0.